The molecule has 31 heavy (non-hydrogen) atoms. The molecule has 160 valence electrons. The summed E-state index contributed by atoms with van der Waals surface area (Å²) in [4.78, 5) is 31.9. The molecule has 2 amide bonds. The molecular weight excluding hydrogens is 436 g/mol. The number of carbonyl (C=O) groups is 2. The fourth-order valence-corrected chi connectivity index (χ4v) is 6.22. The largest absolute Gasteiger partial charge is 0.335 e. The number of hydrogen-bond acceptors (Lipinski definition) is 6. The average Bonchev–Trinajstić information content (AvgIpc) is 3.14. The van der Waals surface area contributed by atoms with Crippen LogP contribution in [0.25, 0.3) is 0 Å². The van der Waals surface area contributed by atoms with Crippen molar-refractivity contribution < 1.29 is 18.0 Å². The Morgan fingerprint density at radius 2 is 1.48 bits per heavy atom. The highest BCUT2D eigenvalue weighted by Crippen LogP contribution is 2.42. The van der Waals surface area contributed by atoms with E-state index in [1.165, 1.54) is 11.8 Å². The minimum Gasteiger partial charge on any atom is -0.335 e. The van der Waals surface area contributed by atoms with Crippen molar-refractivity contribution in [2.75, 3.05) is 43.4 Å². The van der Waals surface area contributed by atoms with Crippen molar-refractivity contribution in [3.8, 4) is 0 Å². The van der Waals surface area contributed by atoms with Gasteiger partial charge >= 0.3 is 0 Å². The fraction of sp³-hybridized carbons (Fsp3) is 0.286. The summed E-state index contributed by atoms with van der Waals surface area (Å²) in [6.07, 6.45) is 0. The molecule has 0 saturated carbocycles. The van der Waals surface area contributed by atoms with Crippen LogP contribution in [0.4, 0.5) is 5.69 Å². The van der Waals surface area contributed by atoms with Crippen LogP contribution in [0.15, 0.2) is 57.8 Å². The molecule has 3 aliphatic rings. The molecule has 3 aliphatic heterocycles. The van der Waals surface area contributed by atoms with E-state index in [1.807, 2.05) is 29.2 Å². The Kier molecular flexibility index (Phi) is 4.98. The van der Waals surface area contributed by atoms with E-state index in [2.05, 4.69) is 4.40 Å². The van der Waals surface area contributed by atoms with Crippen LogP contribution in [0.5, 0.6) is 0 Å². The molecule has 1 fully saturated rings. The normalized spacial score (nSPS) is 19.5. The lowest BCUT2D eigenvalue weighted by atomic mass is 10.1. The van der Waals surface area contributed by atoms with Gasteiger partial charge < -0.3 is 14.7 Å². The second kappa shape index (κ2) is 7.69. The summed E-state index contributed by atoms with van der Waals surface area (Å²) in [5, 5.41) is 0.443. The number of rotatable bonds is 2. The highest BCUT2D eigenvalue weighted by atomic mass is 32.2. The Hall–Kier alpha value is -2.85. The molecule has 0 radical (unpaired) electrons. The maximum absolute atomic E-state index is 13.0. The van der Waals surface area contributed by atoms with Crippen molar-refractivity contribution in [1.29, 1.82) is 0 Å². The molecule has 0 aliphatic carbocycles. The Morgan fingerprint density at radius 1 is 0.839 bits per heavy atom. The minimum absolute atomic E-state index is 0.0108. The van der Waals surface area contributed by atoms with Gasteiger partial charge in [-0.1, -0.05) is 18.2 Å². The lowest BCUT2D eigenvalue weighted by Crippen LogP contribution is -2.50. The zero-order valence-corrected chi connectivity index (χ0v) is 18.2. The zero-order chi connectivity index (χ0) is 21.6. The first-order chi connectivity index (χ1) is 14.9. The first kappa shape index (κ1) is 20.1. The number of nitrogens with zero attached hydrogens (tertiary/aromatic N) is 4. The minimum atomic E-state index is -3.41. The average molecular weight is 457 g/mol. The van der Waals surface area contributed by atoms with Gasteiger partial charge in [-0.05, 0) is 42.1 Å². The predicted octanol–water partition coefficient (Wildman–Crippen LogP) is 1.90. The van der Waals surface area contributed by atoms with Crippen LogP contribution in [0.2, 0.25) is 0 Å². The quantitative estimate of drug-likeness (QED) is 0.686. The smallest absolute Gasteiger partial charge is 0.257 e. The SMILES string of the molecule is O=C(c1ccccc1)N1CCN(C(=O)c2ccc3c(c2)SC2=NS(=O)(=O)CCN23)CC1. The number of anilines is 1. The second-order valence-corrected chi connectivity index (χ2v) is 10.3. The molecule has 0 aromatic heterocycles. The lowest BCUT2D eigenvalue weighted by Gasteiger charge is -2.35. The van der Waals surface area contributed by atoms with Crippen molar-refractivity contribution in [2.45, 2.75) is 4.90 Å². The third kappa shape index (κ3) is 3.81. The summed E-state index contributed by atoms with van der Waals surface area (Å²) >= 11 is 1.28. The van der Waals surface area contributed by atoms with Crippen LogP contribution in [-0.2, 0) is 10.0 Å². The summed E-state index contributed by atoms with van der Waals surface area (Å²) in [6, 6.07) is 14.6. The maximum atomic E-state index is 13.0. The van der Waals surface area contributed by atoms with Gasteiger partial charge in [0.2, 0.25) is 0 Å². The van der Waals surface area contributed by atoms with Gasteiger partial charge in [-0.15, -0.1) is 4.40 Å². The van der Waals surface area contributed by atoms with Gasteiger partial charge in [-0.2, -0.15) is 0 Å². The van der Waals surface area contributed by atoms with E-state index in [0.29, 0.717) is 49.0 Å². The zero-order valence-electron chi connectivity index (χ0n) is 16.6. The monoisotopic (exact) mass is 456 g/mol. The first-order valence-electron chi connectivity index (χ1n) is 9.97. The van der Waals surface area contributed by atoms with E-state index >= 15 is 0 Å². The summed E-state index contributed by atoms with van der Waals surface area (Å²) in [7, 11) is -3.41. The van der Waals surface area contributed by atoms with Crippen molar-refractivity contribution in [1.82, 2.24) is 9.80 Å². The summed E-state index contributed by atoms with van der Waals surface area (Å²) < 4.78 is 27.4. The molecular formula is C21H20N4O4S2. The van der Waals surface area contributed by atoms with Crippen molar-refractivity contribution in [3.63, 3.8) is 0 Å². The fourth-order valence-electron chi connectivity index (χ4n) is 3.92. The van der Waals surface area contributed by atoms with Gasteiger partial charge in [-0.25, -0.2) is 8.42 Å². The molecule has 0 atom stereocenters. The van der Waals surface area contributed by atoms with Crippen LogP contribution in [-0.4, -0.2) is 73.7 Å². The molecule has 1 saturated heterocycles. The standard InChI is InChI=1S/C21H20N4O4S2/c26-19(15-4-2-1-3-5-15)23-8-10-24(11-9-23)20(27)16-6-7-17-18(14-16)30-21-22-31(28,29)13-12-25(17)21/h1-7,14H,8-13H2. The predicted molar refractivity (Wildman–Crippen MR) is 119 cm³/mol. The molecule has 10 heteroatoms. The molecule has 2 aromatic carbocycles. The van der Waals surface area contributed by atoms with E-state index in [1.54, 1.807) is 34.1 Å². The highest BCUT2D eigenvalue weighted by molar-refractivity contribution is 8.15. The van der Waals surface area contributed by atoms with E-state index in [0.717, 1.165) is 10.6 Å². The van der Waals surface area contributed by atoms with Gasteiger partial charge in [-0.3, -0.25) is 9.59 Å². The number of amidine groups is 1. The van der Waals surface area contributed by atoms with Crippen molar-refractivity contribution in [3.05, 3.63) is 59.7 Å². The Balaban J connectivity index is 1.27. The summed E-state index contributed by atoms with van der Waals surface area (Å²) in [5.74, 6) is -0.118. The van der Waals surface area contributed by atoms with Crippen LogP contribution in [0.3, 0.4) is 0 Å². The Labute approximate surface area is 184 Å². The topological polar surface area (TPSA) is 90.4 Å². The molecule has 0 spiro atoms. The van der Waals surface area contributed by atoms with Crippen LogP contribution in [0.1, 0.15) is 20.7 Å². The molecule has 0 bridgehead atoms. The molecule has 0 N–H and O–H groups in total. The number of amides is 2. The summed E-state index contributed by atoms with van der Waals surface area (Å²) in [6.45, 7) is 2.28. The van der Waals surface area contributed by atoms with Gasteiger partial charge in [0, 0.05) is 48.7 Å². The van der Waals surface area contributed by atoms with Crippen molar-refractivity contribution >= 4 is 44.5 Å². The number of carbonyl (C=O) groups excluding carboxylic acids is 2. The lowest BCUT2D eigenvalue weighted by molar-refractivity contribution is 0.0535. The van der Waals surface area contributed by atoms with Gasteiger partial charge in [0.15, 0.2) is 5.17 Å². The van der Waals surface area contributed by atoms with E-state index in [-0.39, 0.29) is 17.6 Å². The van der Waals surface area contributed by atoms with Gasteiger partial charge in [0.1, 0.15) is 0 Å². The first-order valence-corrected chi connectivity index (χ1v) is 12.4. The molecule has 2 aromatic rings. The number of benzene rings is 2. The Bertz CT molecular complexity index is 1190. The maximum Gasteiger partial charge on any atom is 0.257 e. The second-order valence-electron chi connectivity index (χ2n) is 7.55. The number of fused-ring (bicyclic) bond motifs is 3. The van der Waals surface area contributed by atoms with Crippen molar-refractivity contribution in [2.24, 2.45) is 4.40 Å². The van der Waals surface area contributed by atoms with Crippen LogP contribution in [0, 0.1) is 0 Å². The summed E-state index contributed by atoms with van der Waals surface area (Å²) in [5.41, 5.74) is 2.09. The molecule has 8 nitrogen and oxygen atoms in total. The number of thioether (sulfide) groups is 1. The van der Waals surface area contributed by atoms with Crippen LogP contribution < -0.4 is 4.90 Å². The van der Waals surface area contributed by atoms with E-state index in [9.17, 15) is 18.0 Å². The molecule has 5 rings (SSSR count). The number of piperazine rings is 1. The van der Waals surface area contributed by atoms with E-state index in [4.69, 9.17) is 0 Å². The number of hydrogen-bond donors (Lipinski definition) is 0. The third-order valence-electron chi connectivity index (χ3n) is 5.59. The number of sulfonamides is 1. The molecule has 0 unspecified atom stereocenters. The van der Waals surface area contributed by atoms with Gasteiger partial charge in [0.05, 0.1) is 11.4 Å². The van der Waals surface area contributed by atoms with E-state index < -0.39 is 10.0 Å². The molecule has 3 heterocycles. The Morgan fingerprint density at radius 3 is 2.16 bits per heavy atom. The van der Waals surface area contributed by atoms with Gasteiger partial charge in [0.25, 0.3) is 21.8 Å². The highest BCUT2D eigenvalue weighted by Gasteiger charge is 2.34. The van der Waals surface area contributed by atoms with Crippen LogP contribution >= 0.6 is 11.8 Å². The third-order valence-corrected chi connectivity index (χ3v) is 7.90.